The summed E-state index contributed by atoms with van der Waals surface area (Å²) in [5.74, 6) is 0.951. The molecule has 0 aliphatic carbocycles. The molecule has 98 valence electrons. The lowest BCUT2D eigenvalue weighted by molar-refractivity contribution is 0.408. The van der Waals surface area contributed by atoms with Gasteiger partial charge in [0, 0.05) is 4.88 Å². The molecular weight excluding hydrogens is 266 g/mol. The number of halogens is 1. The smallest absolute Gasteiger partial charge is 0.124 e. The molecule has 0 spiro atoms. The van der Waals surface area contributed by atoms with E-state index in [1.165, 1.54) is 4.88 Å². The van der Waals surface area contributed by atoms with Crippen LogP contribution in [0.2, 0.25) is 0 Å². The number of rotatable bonds is 3. The second-order valence-corrected chi connectivity index (χ2v) is 5.16. The van der Waals surface area contributed by atoms with Gasteiger partial charge in [-0.2, -0.15) is 0 Å². The van der Waals surface area contributed by atoms with Crippen molar-refractivity contribution in [1.82, 2.24) is 0 Å². The average molecular weight is 284 g/mol. The van der Waals surface area contributed by atoms with Crippen LogP contribution in [0.1, 0.15) is 27.6 Å². The normalized spacial score (nSPS) is 11.8. The van der Waals surface area contributed by atoms with Crippen LogP contribution in [0, 0.1) is 13.8 Å². The maximum atomic E-state index is 6.26. The van der Waals surface area contributed by atoms with Crippen molar-refractivity contribution in [3.63, 3.8) is 0 Å². The lowest BCUT2D eigenvalue weighted by Crippen LogP contribution is -2.11. The third kappa shape index (κ3) is 2.86. The van der Waals surface area contributed by atoms with Gasteiger partial charge in [-0.1, -0.05) is 18.2 Å². The molecule has 0 saturated carbocycles. The zero-order valence-corrected chi connectivity index (χ0v) is 12.4. The molecule has 0 amide bonds. The van der Waals surface area contributed by atoms with Gasteiger partial charge in [-0.05, 0) is 42.0 Å². The second-order valence-electron chi connectivity index (χ2n) is 4.18. The SMILES string of the molecule is COc1c(C)cc([C@@H](N)c2cccs2)cc1C.Cl. The summed E-state index contributed by atoms with van der Waals surface area (Å²) in [6.45, 7) is 4.10. The Kier molecular flexibility index (Phi) is 5.20. The molecule has 2 rings (SSSR count). The minimum absolute atomic E-state index is 0. The van der Waals surface area contributed by atoms with Crippen molar-refractivity contribution in [2.75, 3.05) is 7.11 Å². The number of hydrogen-bond donors (Lipinski definition) is 1. The molecule has 0 saturated heterocycles. The highest BCUT2D eigenvalue weighted by atomic mass is 35.5. The monoisotopic (exact) mass is 283 g/mol. The van der Waals surface area contributed by atoms with Crippen molar-refractivity contribution >= 4 is 23.7 Å². The Bertz CT molecular complexity index is 488. The van der Waals surface area contributed by atoms with E-state index >= 15 is 0 Å². The van der Waals surface area contributed by atoms with Gasteiger partial charge in [-0.15, -0.1) is 23.7 Å². The van der Waals surface area contributed by atoms with E-state index < -0.39 is 0 Å². The van der Waals surface area contributed by atoms with E-state index in [1.54, 1.807) is 18.4 Å². The fourth-order valence-electron chi connectivity index (χ4n) is 2.12. The Hall–Kier alpha value is -1.03. The summed E-state index contributed by atoms with van der Waals surface area (Å²) in [4.78, 5) is 1.19. The third-order valence-corrected chi connectivity index (χ3v) is 3.85. The molecule has 1 heterocycles. The molecule has 0 radical (unpaired) electrons. The Morgan fingerprint density at radius 1 is 1.22 bits per heavy atom. The Balaban J connectivity index is 0.00000162. The van der Waals surface area contributed by atoms with Gasteiger partial charge in [0.2, 0.25) is 0 Å². The summed E-state index contributed by atoms with van der Waals surface area (Å²) in [7, 11) is 1.70. The molecule has 0 bridgehead atoms. The summed E-state index contributed by atoms with van der Waals surface area (Å²) in [5.41, 5.74) is 9.67. The first-order valence-corrected chi connectivity index (χ1v) is 6.45. The molecule has 0 aliphatic rings. The van der Waals surface area contributed by atoms with Crippen LogP contribution in [0.4, 0.5) is 0 Å². The molecule has 0 fully saturated rings. The standard InChI is InChI=1S/C14H17NOS.ClH/c1-9-7-11(8-10(2)14(9)16-3)13(15)12-5-4-6-17-12;/h4-8,13H,15H2,1-3H3;1H/t13-;/m1./s1. The zero-order valence-electron chi connectivity index (χ0n) is 10.8. The predicted octanol–water partition coefficient (Wildman–Crippen LogP) is 3.84. The van der Waals surface area contributed by atoms with Gasteiger partial charge in [0.25, 0.3) is 0 Å². The summed E-state index contributed by atoms with van der Waals surface area (Å²) in [6, 6.07) is 8.28. The van der Waals surface area contributed by atoms with Gasteiger partial charge in [-0.25, -0.2) is 0 Å². The molecule has 1 aromatic carbocycles. The predicted molar refractivity (Wildman–Crippen MR) is 80.1 cm³/mol. The maximum absolute atomic E-state index is 6.26. The highest BCUT2D eigenvalue weighted by molar-refractivity contribution is 7.10. The van der Waals surface area contributed by atoms with E-state index in [9.17, 15) is 0 Å². The molecule has 18 heavy (non-hydrogen) atoms. The zero-order chi connectivity index (χ0) is 12.4. The molecule has 2 N–H and O–H groups in total. The molecule has 0 aliphatic heterocycles. The minimum atomic E-state index is -0.0432. The van der Waals surface area contributed by atoms with Gasteiger partial charge in [0.05, 0.1) is 13.2 Å². The second kappa shape index (κ2) is 6.23. The van der Waals surface area contributed by atoms with Crippen molar-refractivity contribution in [3.8, 4) is 5.75 Å². The first kappa shape index (κ1) is 15.0. The fraction of sp³-hybridized carbons (Fsp3) is 0.286. The molecule has 0 unspecified atom stereocenters. The molecule has 2 aromatic rings. The highest BCUT2D eigenvalue weighted by Crippen LogP contribution is 2.30. The van der Waals surface area contributed by atoms with E-state index in [1.807, 2.05) is 6.07 Å². The lowest BCUT2D eigenvalue weighted by atomic mass is 10.00. The van der Waals surface area contributed by atoms with Gasteiger partial charge in [0.1, 0.15) is 5.75 Å². The number of aryl methyl sites for hydroxylation is 2. The molecule has 1 aromatic heterocycles. The molecule has 2 nitrogen and oxygen atoms in total. The number of ether oxygens (including phenoxy) is 1. The summed E-state index contributed by atoms with van der Waals surface area (Å²) < 4.78 is 5.36. The Morgan fingerprint density at radius 2 is 1.83 bits per heavy atom. The quantitative estimate of drug-likeness (QED) is 0.929. The highest BCUT2D eigenvalue weighted by Gasteiger charge is 2.13. The van der Waals surface area contributed by atoms with Crippen molar-refractivity contribution in [1.29, 1.82) is 0 Å². The van der Waals surface area contributed by atoms with Crippen LogP contribution in [-0.2, 0) is 0 Å². The van der Waals surface area contributed by atoms with Crippen molar-refractivity contribution < 1.29 is 4.74 Å². The third-order valence-electron chi connectivity index (χ3n) is 2.90. The van der Waals surface area contributed by atoms with Crippen LogP contribution in [0.15, 0.2) is 29.6 Å². The minimum Gasteiger partial charge on any atom is -0.496 e. The van der Waals surface area contributed by atoms with Crippen LogP contribution in [0.3, 0.4) is 0 Å². The lowest BCUT2D eigenvalue weighted by Gasteiger charge is -2.15. The van der Waals surface area contributed by atoms with Crippen molar-refractivity contribution in [2.45, 2.75) is 19.9 Å². The Morgan fingerprint density at radius 3 is 2.28 bits per heavy atom. The van der Waals surface area contributed by atoms with Gasteiger partial charge in [0.15, 0.2) is 0 Å². The van der Waals surface area contributed by atoms with Gasteiger partial charge >= 0.3 is 0 Å². The van der Waals surface area contributed by atoms with E-state index in [0.717, 1.165) is 22.4 Å². The molecular formula is C14H18ClNOS. The summed E-state index contributed by atoms with van der Waals surface area (Å²) in [5, 5.41) is 2.05. The van der Waals surface area contributed by atoms with Crippen LogP contribution in [-0.4, -0.2) is 7.11 Å². The van der Waals surface area contributed by atoms with Crippen molar-refractivity contribution in [2.24, 2.45) is 5.73 Å². The Labute approximate surface area is 118 Å². The van der Waals surface area contributed by atoms with Crippen LogP contribution < -0.4 is 10.5 Å². The molecule has 1 atom stereocenters. The van der Waals surface area contributed by atoms with E-state index in [-0.39, 0.29) is 18.4 Å². The summed E-state index contributed by atoms with van der Waals surface area (Å²) >= 11 is 1.69. The van der Waals surface area contributed by atoms with Gasteiger partial charge in [-0.3, -0.25) is 0 Å². The molecule has 4 heteroatoms. The largest absolute Gasteiger partial charge is 0.496 e. The number of hydrogen-bond acceptors (Lipinski definition) is 3. The first-order valence-electron chi connectivity index (χ1n) is 5.57. The van der Waals surface area contributed by atoms with Crippen LogP contribution >= 0.6 is 23.7 Å². The summed E-state index contributed by atoms with van der Waals surface area (Å²) in [6.07, 6.45) is 0. The van der Waals surface area contributed by atoms with E-state index in [4.69, 9.17) is 10.5 Å². The average Bonchev–Trinajstić information content (AvgIpc) is 2.81. The first-order chi connectivity index (χ1) is 8.13. The number of methoxy groups -OCH3 is 1. The fourth-order valence-corrected chi connectivity index (χ4v) is 2.87. The van der Waals surface area contributed by atoms with Crippen LogP contribution in [0.5, 0.6) is 5.75 Å². The topological polar surface area (TPSA) is 35.2 Å². The number of thiophene rings is 1. The number of benzene rings is 1. The van der Waals surface area contributed by atoms with Crippen molar-refractivity contribution in [3.05, 3.63) is 51.2 Å². The van der Waals surface area contributed by atoms with Gasteiger partial charge < -0.3 is 10.5 Å². The van der Waals surface area contributed by atoms with E-state index in [0.29, 0.717) is 0 Å². The maximum Gasteiger partial charge on any atom is 0.124 e. The van der Waals surface area contributed by atoms with Crippen LogP contribution in [0.25, 0.3) is 0 Å². The van der Waals surface area contributed by atoms with E-state index in [2.05, 4.69) is 37.4 Å². The number of nitrogens with two attached hydrogens (primary N) is 1.